The van der Waals surface area contributed by atoms with Crippen molar-refractivity contribution in [3.63, 3.8) is 0 Å². The van der Waals surface area contributed by atoms with Gasteiger partial charge in [0, 0.05) is 57.4 Å². The van der Waals surface area contributed by atoms with E-state index in [0.29, 0.717) is 24.0 Å². The number of para-hydroxylation sites is 1. The number of carbonyl (C=O) groups is 1. The van der Waals surface area contributed by atoms with E-state index in [2.05, 4.69) is 35.8 Å². The number of aromatic nitrogens is 3. The molecule has 2 fully saturated rings. The Kier molecular flexibility index (Phi) is 8.13. The van der Waals surface area contributed by atoms with Crippen molar-refractivity contribution in [2.75, 3.05) is 75.9 Å². The van der Waals surface area contributed by atoms with Crippen molar-refractivity contribution in [1.29, 1.82) is 0 Å². The maximum absolute atomic E-state index is 12.4. The molecular formula is C25H33N9O2. The Bertz CT molecular complexity index is 1130. The molecule has 5 rings (SSSR count). The van der Waals surface area contributed by atoms with Gasteiger partial charge in [-0.1, -0.05) is 18.2 Å². The minimum absolute atomic E-state index is 0.273. The second kappa shape index (κ2) is 12.0. The lowest BCUT2D eigenvalue weighted by Crippen LogP contribution is -2.51. The van der Waals surface area contributed by atoms with Gasteiger partial charge in [0.05, 0.1) is 18.9 Å². The molecule has 190 valence electrons. The highest BCUT2D eigenvalue weighted by atomic mass is 16.5. The molecule has 2 saturated heterocycles. The lowest BCUT2D eigenvalue weighted by molar-refractivity contribution is 0.0375. The number of fused-ring (bicyclic) bond motifs is 1. The number of amides is 2. The van der Waals surface area contributed by atoms with Crippen molar-refractivity contribution < 1.29 is 9.53 Å². The van der Waals surface area contributed by atoms with Crippen molar-refractivity contribution in [2.45, 2.75) is 6.42 Å². The predicted molar refractivity (Wildman–Crippen MR) is 139 cm³/mol. The molecule has 0 aliphatic carbocycles. The van der Waals surface area contributed by atoms with Gasteiger partial charge in [-0.25, -0.2) is 24.8 Å². The highest BCUT2D eigenvalue weighted by Crippen LogP contribution is 2.26. The molecule has 0 spiro atoms. The Morgan fingerprint density at radius 2 is 1.83 bits per heavy atom. The van der Waals surface area contributed by atoms with Gasteiger partial charge in [-0.2, -0.15) is 4.98 Å². The average molecular weight is 492 g/mol. The number of hydrogen-bond acceptors (Lipinski definition) is 9. The Morgan fingerprint density at radius 3 is 2.64 bits per heavy atom. The van der Waals surface area contributed by atoms with Crippen LogP contribution < -0.4 is 21.0 Å². The van der Waals surface area contributed by atoms with E-state index in [9.17, 15) is 4.79 Å². The zero-order valence-corrected chi connectivity index (χ0v) is 20.4. The van der Waals surface area contributed by atoms with Gasteiger partial charge in [-0.05, 0) is 37.2 Å². The van der Waals surface area contributed by atoms with Gasteiger partial charge in [-0.3, -0.25) is 10.2 Å². The van der Waals surface area contributed by atoms with Crippen molar-refractivity contribution in [2.24, 2.45) is 0 Å². The molecule has 0 atom stereocenters. The number of nitrogens with zero attached hydrogens (tertiary/aromatic N) is 6. The van der Waals surface area contributed by atoms with Gasteiger partial charge >= 0.3 is 6.03 Å². The van der Waals surface area contributed by atoms with Crippen LogP contribution in [-0.4, -0.2) is 96.5 Å². The first-order valence-electron chi connectivity index (χ1n) is 12.6. The summed E-state index contributed by atoms with van der Waals surface area (Å²) in [4.78, 5) is 28.8. The van der Waals surface area contributed by atoms with Gasteiger partial charge in [-0.15, -0.1) is 0 Å². The van der Waals surface area contributed by atoms with E-state index in [1.807, 2.05) is 41.4 Å². The fourth-order valence-electron chi connectivity index (χ4n) is 4.39. The second-order valence-corrected chi connectivity index (χ2v) is 8.82. The van der Waals surface area contributed by atoms with E-state index in [0.717, 1.165) is 76.5 Å². The molecule has 1 aromatic carbocycles. The number of piperazine rings is 1. The summed E-state index contributed by atoms with van der Waals surface area (Å²) >= 11 is 0. The first-order chi connectivity index (χ1) is 17.8. The molecule has 2 amide bonds. The molecule has 2 aromatic heterocycles. The van der Waals surface area contributed by atoms with Crippen LogP contribution >= 0.6 is 0 Å². The Balaban J connectivity index is 1.25. The van der Waals surface area contributed by atoms with Crippen LogP contribution in [-0.2, 0) is 4.74 Å². The number of rotatable bonds is 8. The number of hydrogen-bond donors (Lipinski definition) is 3. The number of morpholine rings is 1. The van der Waals surface area contributed by atoms with E-state index in [1.165, 1.54) is 0 Å². The fraction of sp³-hybridized carbons (Fsp3) is 0.440. The number of carbonyl (C=O) groups excluding carboxylic acids is 1. The molecule has 0 radical (unpaired) electrons. The summed E-state index contributed by atoms with van der Waals surface area (Å²) in [6.45, 7) is 8.49. The van der Waals surface area contributed by atoms with Gasteiger partial charge in [0.15, 0.2) is 5.65 Å². The zero-order chi connectivity index (χ0) is 24.6. The van der Waals surface area contributed by atoms with E-state index in [1.54, 1.807) is 12.3 Å². The summed E-state index contributed by atoms with van der Waals surface area (Å²) in [5.41, 5.74) is 1.52. The van der Waals surface area contributed by atoms with Crippen LogP contribution in [0.25, 0.3) is 11.0 Å². The number of anilines is 3. The lowest BCUT2D eigenvalue weighted by atomic mass is 10.3. The Morgan fingerprint density at radius 1 is 1.03 bits per heavy atom. The van der Waals surface area contributed by atoms with Gasteiger partial charge in [0.25, 0.3) is 0 Å². The van der Waals surface area contributed by atoms with Gasteiger partial charge < -0.3 is 15.4 Å². The third-order valence-corrected chi connectivity index (χ3v) is 6.28. The van der Waals surface area contributed by atoms with E-state index in [-0.39, 0.29) is 6.03 Å². The molecular weight excluding hydrogens is 458 g/mol. The van der Waals surface area contributed by atoms with Crippen molar-refractivity contribution in [3.05, 3.63) is 48.7 Å². The summed E-state index contributed by atoms with van der Waals surface area (Å²) in [7, 11) is 0. The van der Waals surface area contributed by atoms with Crippen molar-refractivity contribution in [1.82, 2.24) is 35.5 Å². The highest BCUT2D eigenvalue weighted by molar-refractivity contribution is 5.89. The first kappa shape index (κ1) is 24.3. The minimum Gasteiger partial charge on any atom is -0.379 e. The lowest BCUT2D eigenvalue weighted by Gasteiger charge is -2.37. The van der Waals surface area contributed by atoms with E-state index in [4.69, 9.17) is 9.72 Å². The van der Waals surface area contributed by atoms with Crippen LogP contribution in [0.2, 0.25) is 0 Å². The maximum Gasteiger partial charge on any atom is 0.320 e. The zero-order valence-electron chi connectivity index (χ0n) is 20.4. The fourth-order valence-corrected chi connectivity index (χ4v) is 4.39. The summed E-state index contributed by atoms with van der Waals surface area (Å²) < 4.78 is 5.37. The number of ether oxygens (including phenoxy) is 1. The molecule has 11 heteroatoms. The summed E-state index contributed by atoms with van der Waals surface area (Å²) in [5, 5.41) is 14.2. The molecule has 0 bridgehead atoms. The topological polar surface area (TPSA) is 111 Å². The molecule has 11 nitrogen and oxygen atoms in total. The second-order valence-electron chi connectivity index (χ2n) is 8.82. The average Bonchev–Trinajstić information content (AvgIpc) is 2.93. The third kappa shape index (κ3) is 6.24. The van der Waals surface area contributed by atoms with Crippen LogP contribution in [0.3, 0.4) is 0 Å². The molecule has 36 heavy (non-hydrogen) atoms. The summed E-state index contributed by atoms with van der Waals surface area (Å²) in [6, 6.07) is 13.5. The molecule has 3 aromatic rings. The number of urea groups is 1. The monoisotopic (exact) mass is 491 g/mol. The third-order valence-electron chi connectivity index (χ3n) is 6.28. The van der Waals surface area contributed by atoms with Crippen LogP contribution in [0.1, 0.15) is 6.42 Å². The Labute approximate surface area is 210 Å². The van der Waals surface area contributed by atoms with E-state index >= 15 is 0 Å². The SMILES string of the molecule is O=C(NCCCN1CCOCC1)Nc1ccc2cnc(N(c3ccccc3)N3CCNCC3)nc2n1. The summed E-state index contributed by atoms with van der Waals surface area (Å²) in [5.74, 6) is 0.999. The quantitative estimate of drug-likeness (QED) is 0.407. The van der Waals surface area contributed by atoms with Crippen LogP contribution in [0.4, 0.5) is 22.2 Å². The normalized spacial score (nSPS) is 17.1. The minimum atomic E-state index is -0.273. The van der Waals surface area contributed by atoms with Crippen LogP contribution in [0.5, 0.6) is 0 Å². The molecule has 0 unspecified atom stereocenters. The number of hydrazine groups is 1. The van der Waals surface area contributed by atoms with Gasteiger partial charge in [0.1, 0.15) is 5.82 Å². The number of pyridine rings is 1. The van der Waals surface area contributed by atoms with Crippen molar-refractivity contribution in [3.8, 4) is 0 Å². The van der Waals surface area contributed by atoms with Crippen LogP contribution in [0.15, 0.2) is 48.7 Å². The molecule has 4 heterocycles. The molecule has 2 aliphatic heterocycles. The highest BCUT2D eigenvalue weighted by Gasteiger charge is 2.23. The molecule has 0 saturated carbocycles. The summed E-state index contributed by atoms with van der Waals surface area (Å²) in [6.07, 6.45) is 2.66. The maximum atomic E-state index is 12.4. The predicted octanol–water partition coefficient (Wildman–Crippen LogP) is 1.83. The molecule has 2 aliphatic rings. The number of nitrogens with one attached hydrogen (secondary N) is 3. The Hall–Kier alpha value is -3.38. The van der Waals surface area contributed by atoms with Crippen molar-refractivity contribution >= 4 is 34.5 Å². The largest absolute Gasteiger partial charge is 0.379 e. The number of benzene rings is 1. The standard InChI is InChI=1S/C25H33N9O2/c35-25(27-9-4-12-32-15-17-36-18-16-32)30-22-8-7-20-19-28-24(31-23(20)29-22)34(21-5-2-1-3-6-21)33-13-10-26-11-14-33/h1-3,5-8,19,26H,4,9-18H2,(H2,27,28,29,30,31,35). The van der Waals surface area contributed by atoms with Gasteiger partial charge in [0.2, 0.25) is 5.95 Å². The smallest absolute Gasteiger partial charge is 0.320 e. The van der Waals surface area contributed by atoms with E-state index < -0.39 is 0 Å². The first-order valence-corrected chi connectivity index (χ1v) is 12.6. The molecule has 3 N–H and O–H groups in total. The van der Waals surface area contributed by atoms with Crippen LogP contribution in [0, 0.1) is 0 Å².